The quantitative estimate of drug-likeness (QED) is 0.648. The molecule has 1 aromatic carbocycles. The van der Waals surface area contributed by atoms with E-state index in [-0.39, 0.29) is 6.61 Å². The van der Waals surface area contributed by atoms with Gasteiger partial charge >= 0.3 is 11.9 Å². The minimum atomic E-state index is -1.59. The van der Waals surface area contributed by atoms with E-state index in [1.165, 1.54) is 0 Å². The van der Waals surface area contributed by atoms with Crippen molar-refractivity contribution in [3.63, 3.8) is 0 Å². The third kappa shape index (κ3) is 3.86. The second-order valence-electron chi connectivity index (χ2n) is 3.42. The van der Waals surface area contributed by atoms with E-state index in [1.807, 2.05) is 0 Å². The maximum Gasteiger partial charge on any atom is 0.335 e. The first kappa shape index (κ1) is 13.1. The van der Waals surface area contributed by atoms with Gasteiger partial charge in [0.1, 0.15) is 6.04 Å². The van der Waals surface area contributed by atoms with Crippen molar-refractivity contribution in [3.05, 3.63) is 35.9 Å². The lowest BCUT2D eigenvalue weighted by molar-refractivity contribution is -0.159. The number of carboxylic acid groups (broad SMARTS) is 2. The lowest BCUT2D eigenvalue weighted by Gasteiger charge is -2.17. The molecular formula is C11H13NO5. The number of rotatable bonds is 6. The van der Waals surface area contributed by atoms with Crippen LogP contribution >= 0.6 is 0 Å². The number of aliphatic carboxylic acids is 2. The Morgan fingerprint density at radius 1 is 1.18 bits per heavy atom. The molecule has 1 rings (SSSR count). The first-order chi connectivity index (χ1) is 8.02. The lowest BCUT2D eigenvalue weighted by atomic mass is 10.1. The molecule has 6 heteroatoms. The summed E-state index contributed by atoms with van der Waals surface area (Å²) in [5, 5.41) is 17.4. The molecule has 0 aliphatic carbocycles. The lowest BCUT2D eigenvalue weighted by Crippen LogP contribution is -2.47. The van der Waals surface area contributed by atoms with Crippen LogP contribution in [0, 0.1) is 0 Å². The Morgan fingerprint density at radius 3 is 2.24 bits per heavy atom. The minimum Gasteiger partial charge on any atom is -0.480 e. The largest absolute Gasteiger partial charge is 0.480 e. The molecule has 0 saturated heterocycles. The second-order valence-corrected chi connectivity index (χ2v) is 3.42. The summed E-state index contributed by atoms with van der Waals surface area (Å²) in [6.07, 6.45) is -1.56. The molecule has 4 N–H and O–H groups in total. The summed E-state index contributed by atoms with van der Waals surface area (Å²) >= 11 is 0. The maximum atomic E-state index is 10.8. The first-order valence-corrected chi connectivity index (χ1v) is 4.89. The molecule has 1 aromatic rings. The number of hydrogen-bond donors (Lipinski definition) is 3. The van der Waals surface area contributed by atoms with Gasteiger partial charge in [-0.3, -0.25) is 4.79 Å². The molecular weight excluding hydrogens is 226 g/mol. The highest BCUT2D eigenvalue weighted by atomic mass is 16.5. The summed E-state index contributed by atoms with van der Waals surface area (Å²) in [6.45, 7) is -0.00120. The Balaban J connectivity index is 2.63. The molecule has 0 radical (unpaired) electrons. The summed E-state index contributed by atoms with van der Waals surface area (Å²) in [6, 6.07) is 7.24. The highest BCUT2D eigenvalue weighted by Crippen LogP contribution is 2.06. The molecule has 0 aliphatic rings. The Morgan fingerprint density at radius 2 is 1.76 bits per heavy atom. The van der Waals surface area contributed by atoms with Gasteiger partial charge < -0.3 is 20.7 Å². The average Bonchev–Trinajstić information content (AvgIpc) is 2.29. The molecule has 0 spiro atoms. The Hall–Kier alpha value is -1.92. The number of ether oxygens (including phenoxy) is 1. The van der Waals surface area contributed by atoms with E-state index in [4.69, 9.17) is 20.7 Å². The van der Waals surface area contributed by atoms with Crippen molar-refractivity contribution in [2.24, 2.45) is 5.73 Å². The van der Waals surface area contributed by atoms with Crippen molar-refractivity contribution in [2.45, 2.75) is 18.8 Å². The van der Waals surface area contributed by atoms with Gasteiger partial charge in [-0.1, -0.05) is 30.3 Å². The predicted molar refractivity (Wildman–Crippen MR) is 58.3 cm³/mol. The van der Waals surface area contributed by atoms with Crippen molar-refractivity contribution >= 4 is 11.9 Å². The number of hydrogen-bond acceptors (Lipinski definition) is 4. The van der Waals surface area contributed by atoms with Crippen LogP contribution in [0.25, 0.3) is 0 Å². The molecule has 92 valence electrons. The van der Waals surface area contributed by atoms with Crippen LogP contribution in [-0.2, 0) is 20.9 Å². The van der Waals surface area contributed by atoms with Gasteiger partial charge in [-0.25, -0.2) is 4.79 Å². The van der Waals surface area contributed by atoms with Gasteiger partial charge in [0.05, 0.1) is 6.61 Å². The van der Waals surface area contributed by atoms with E-state index in [9.17, 15) is 9.59 Å². The average molecular weight is 239 g/mol. The Kier molecular flexibility index (Phi) is 4.62. The van der Waals surface area contributed by atoms with Crippen LogP contribution in [0.15, 0.2) is 30.3 Å². The van der Waals surface area contributed by atoms with Crippen LogP contribution in [0.1, 0.15) is 5.56 Å². The Labute approximate surface area is 97.6 Å². The number of benzene rings is 1. The maximum absolute atomic E-state index is 10.8. The van der Waals surface area contributed by atoms with Gasteiger partial charge in [-0.05, 0) is 5.56 Å². The van der Waals surface area contributed by atoms with E-state index < -0.39 is 24.1 Å². The highest BCUT2D eigenvalue weighted by molar-refractivity contribution is 5.84. The van der Waals surface area contributed by atoms with Crippen LogP contribution in [0.2, 0.25) is 0 Å². The molecule has 0 saturated carbocycles. The number of carboxylic acids is 2. The zero-order valence-corrected chi connectivity index (χ0v) is 8.95. The molecule has 0 fully saturated rings. The van der Waals surface area contributed by atoms with Gasteiger partial charge in [0.25, 0.3) is 0 Å². The van der Waals surface area contributed by atoms with Crippen molar-refractivity contribution in [1.82, 2.24) is 0 Å². The molecule has 0 amide bonds. The highest BCUT2D eigenvalue weighted by Gasteiger charge is 2.31. The fourth-order valence-corrected chi connectivity index (χ4v) is 1.22. The van der Waals surface area contributed by atoms with E-state index in [1.54, 1.807) is 30.3 Å². The predicted octanol–water partition coefficient (Wildman–Crippen LogP) is 0.0683. The summed E-state index contributed by atoms with van der Waals surface area (Å²) in [5.41, 5.74) is 5.97. The second kappa shape index (κ2) is 5.97. The van der Waals surface area contributed by atoms with Gasteiger partial charge in [0.2, 0.25) is 0 Å². The summed E-state index contributed by atoms with van der Waals surface area (Å²) in [4.78, 5) is 21.4. The number of nitrogens with two attached hydrogens (primary N) is 1. The Bertz CT molecular complexity index is 392. The fraction of sp³-hybridized carbons (Fsp3) is 0.273. The van der Waals surface area contributed by atoms with Crippen molar-refractivity contribution in [1.29, 1.82) is 0 Å². The van der Waals surface area contributed by atoms with Crippen LogP contribution in [0.4, 0.5) is 0 Å². The monoisotopic (exact) mass is 239 g/mol. The van der Waals surface area contributed by atoms with Crippen LogP contribution < -0.4 is 5.73 Å². The van der Waals surface area contributed by atoms with Gasteiger partial charge in [-0.2, -0.15) is 0 Å². The fourth-order valence-electron chi connectivity index (χ4n) is 1.22. The van der Waals surface area contributed by atoms with Crippen molar-refractivity contribution < 1.29 is 24.5 Å². The smallest absolute Gasteiger partial charge is 0.335 e. The molecule has 0 aliphatic heterocycles. The molecule has 0 aromatic heterocycles. The molecule has 1 unspecified atom stereocenters. The van der Waals surface area contributed by atoms with Crippen molar-refractivity contribution in [2.75, 3.05) is 0 Å². The minimum absolute atomic E-state index is 0.00120. The summed E-state index contributed by atoms with van der Waals surface area (Å²) in [7, 11) is 0. The number of carbonyl (C=O) groups is 2. The molecule has 17 heavy (non-hydrogen) atoms. The molecule has 0 heterocycles. The van der Waals surface area contributed by atoms with Crippen LogP contribution in [0.5, 0.6) is 0 Å². The van der Waals surface area contributed by atoms with Gasteiger partial charge in [-0.15, -0.1) is 0 Å². The van der Waals surface area contributed by atoms with E-state index >= 15 is 0 Å². The van der Waals surface area contributed by atoms with Gasteiger partial charge in [0.15, 0.2) is 6.10 Å². The van der Waals surface area contributed by atoms with E-state index in [0.29, 0.717) is 0 Å². The third-order valence-electron chi connectivity index (χ3n) is 2.13. The summed E-state index contributed by atoms with van der Waals surface area (Å²) < 4.78 is 5.01. The zero-order chi connectivity index (χ0) is 12.8. The molecule has 6 nitrogen and oxygen atoms in total. The van der Waals surface area contributed by atoms with E-state index in [0.717, 1.165) is 5.56 Å². The third-order valence-corrected chi connectivity index (χ3v) is 2.13. The topological polar surface area (TPSA) is 110 Å². The molecule has 2 atom stereocenters. The SMILES string of the molecule is N[C@@H](C(=O)O)C(OCc1ccccc1)C(=O)O. The standard InChI is InChI=1S/C11H13NO5/c12-8(10(13)14)9(11(15)16)17-6-7-4-2-1-3-5-7/h1-5,8-9H,6,12H2,(H,13,14)(H,15,16)/t8-,9?/m1/s1. The molecule has 0 bridgehead atoms. The normalized spacial score (nSPS) is 13.9. The van der Waals surface area contributed by atoms with Gasteiger partial charge in [0, 0.05) is 0 Å². The van der Waals surface area contributed by atoms with Crippen LogP contribution in [0.3, 0.4) is 0 Å². The van der Waals surface area contributed by atoms with E-state index in [2.05, 4.69) is 0 Å². The van der Waals surface area contributed by atoms with Crippen molar-refractivity contribution in [3.8, 4) is 0 Å². The van der Waals surface area contributed by atoms with Crippen LogP contribution in [-0.4, -0.2) is 34.3 Å². The summed E-state index contributed by atoms with van der Waals surface area (Å²) in [5.74, 6) is -2.80. The first-order valence-electron chi connectivity index (χ1n) is 4.89. The zero-order valence-electron chi connectivity index (χ0n) is 8.95.